The number of aromatic nitrogens is 3. The van der Waals surface area contributed by atoms with Crippen LogP contribution in [0.5, 0.6) is 0 Å². The molecule has 1 aliphatic rings. The quantitative estimate of drug-likeness (QED) is 0.863. The van der Waals surface area contributed by atoms with Crippen molar-refractivity contribution < 1.29 is 0 Å². The van der Waals surface area contributed by atoms with E-state index >= 15 is 0 Å². The Hall–Kier alpha value is -2.39. The summed E-state index contributed by atoms with van der Waals surface area (Å²) < 4.78 is 3.25. The van der Waals surface area contributed by atoms with Gasteiger partial charge in [-0.2, -0.15) is 10.4 Å². The van der Waals surface area contributed by atoms with Gasteiger partial charge in [-0.15, -0.1) is 0 Å². The zero-order valence-electron chi connectivity index (χ0n) is 13.6. The first kappa shape index (κ1) is 15.5. The van der Waals surface area contributed by atoms with E-state index in [1.165, 1.54) is 10.2 Å². The van der Waals surface area contributed by atoms with Gasteiger partial charge in [-0.05, 0) is 37.5 Å². The van der Waals surface area contributed by atoms with E-state index in [0.29, 0.717) is 5.56 Å². The summed E-state index contributed by atoms with van der Waals surface area (Å²) in [6, 6.07) is 10.1. The summed E-state index contributed by atoms with van der Waals surface area (Å²) >= 11 is 0. The number of nitrogens with zero attached hydrogens (tertiary/aromatic N) is 5. The number of aryl methyl sites for hydroxylation is 2. The molecule has 6 nitrogen and oxygen atoms in total. The van der Waals surface area contributed by atoms with Crippen LogP contribution in [-0.4, -0.2) is 32.3 Å². The Labute approximate surface area is 135 Å². The lowest BCUT2D eigenvalue weighted by Gasteiger charge is -2.32. The van der Waals surface area contributed by atoms with E-state index in [-0.39, 0.29) is 11.7 Å². The van der Waals surface area contributed by atoms with Crippen molar-refractivity contribution in [1.82, 2.24) is 19.2 Å². The Bertz CT molecular complexity index is 773. The average Bonchev–Trinajstić information content (AvgIpc) is 2.82. The number of rotatable bonds is 3. The minimum absolute atomic E-state index is 0.0203. The summed E-state index contributed by atoms with van der Waals surface area (Å²) in [7, 11) is 1.70. The third-order valence-electron chi connectivity index (χ3n) is 4.54. The molecule has 3 rings (SSSR count). The minimum Gasteiger partial charge on any atom is -0.299 e. The highest BCUT2D eigenvalue weighted by molar-refractivity contribution is 5.31. The summed E-state index contributed by atoms with van der Waals surface area (Å²) in [6.07, 6.45) is 1.92. The molecule has 2 aromatic rings. The van der Waals surface area contributed by atoms with Crippen molar-refractivity contribution >= 4 is 0 Å². The van der Waals surface area contributed by atoms with Crippen LogP contribution in [-0.2, 0) is 13.6 Å². The lowest BCUT2D eigenvalue weighted by molar-refractivity contribution is 0.176. The predicted octanol–water partition coefficient (Wildman–Crippen LogP) is 1.60. The maximum Gasteiger partial charge on any atom is 0.345 e. The Balaban J connectivity index is 1.62. The predicted molar refractivity (Wildman–Crippen MR) is 86.9 cm³/mol. The molecule has 2 heterocycles. The fourth-order valence-corrected chi connectivity index (χ4v) is 3.30. The molecule has 0 saturated carbocycles. The number of piperidine rings is 1. The second kappa shape index (κ2) is 6.39. The summed E-state index contributed by atoms with van der Waals surface area (Å²) in [5, 5.41) is 13.1. The van der Waals surface area contributed by atoms with Crippen LogP contribution in [0.4, 0.5) is 0 Å². The van der Waals surface area contributed by atoms with Gasteiger partial charge in [0, 0.05) is 32.7 Å². The first-order chi connectivity index (χ1) is 11.1. The van der Waals surface area contributed by atoms with Crippen LogP contribution in [0.2, 0.25) is 0 Å². The van der Waals surface area contributed by atoms with Gasteiger partial charge in [-0.3, -0.25) is 9.47 Å². The van der Waals surface area contributed by atoms with Crippen LogP contribution >= 0.6 is 0 Å². The molecule has 0 atom stereocenters. The maximum atomic E-state index is 12.1. The van der Waals surface area contributed by atoms with Gasteiger partial charge in [-0.25, -0.2) is 9.48 Å². The smallest absolute Gasteiger partial charge is 0.299 e. The van der Waals surface area contributed by atoms with E-state index < -0.39 is 0 Å². The molecule has 1 aliphatic heterocycles. The van der Waals surface area contributed by atoms with Crippen molar-refractivity contribution in [2.24, 2.45) is 7.05 Å². The molecule has 23 heavy (non-hydrogen) atoms. The van der Waals surface area contributed by atoms with Gasteiger partial charge in [0.15, 0.2) is 0 Å². The van der Waals surface area contributed by atoms with Gasteiger partial charge < -0.3 is 0 Å². The Morgan fingerprint density at radius 1 is 1.26 bits per heavy atom. The third-order valence-corrected chi connectivity index (χ3v) is 4.54. The van der Waals surface area contributed by atoms with Crippen LogP contribution in [0.25, 0.3) is 0 Å². The molecule has 0 aliphatic carbocycles. The molecule has 1 aromatic carbocycles. The third kappa shape index (κ3) is 3.20. The number of nitriles is 1. The second-order valence-corrected chi connectivity index (χ2v) is 6.14. The van der Waals surface area contributed by atoms with E-state index in [1.54, 1.807) is 7.05 Å². The van der Waals surface area contributed by atoms with Crippen LogP contribution in [0.15, 0.2) is 29.1 Å². The first-order valence-corrected chi connectivity index (χ1v) is 7.92. The van der Waals surface area contributed by atoms with Crippen molar-refractivity contribution in [3.05, 3.63) is 51.7 Å². The highest BCUT2D eigenvalue weighted by Crippen LogP contribution is 2.23. The van der Waals surface area contributed by atoms with Gasteiger partial charge in [0.1, 0.15) is 5.82 Å². The minimum atomic E-state index is -0.0203. The fraction of sp³-hybridized carbons (Fsp3) is 0.471. The van der Waals surface area contributed by atoms with Crippen molar-refractivity contribution in [2.75, 3.05) is 13.1 Å². The summed E-state index contributed by atoms with van der Waals surface area (Å²) in [5.41, 5.74) is 1.89. The molecule has 0 bridgehead atoms. The fourth-order valence-electron chi connectivity index (χ4n) is 3.30. The molecule has 6 heteroatoms. The monoisotopic (exact) mass is 311 g/mol. The van der Waals surface area contributed by atoms with Crippen LogP contribution in [0.3, 0.4) is 0 Å². The molecule has 1 fully saturated rings. The lowest BCUT2D eigenvalue weighted by Crippen LogP contribution is -2.37. The maximum absolute atomic E-state index is 12.1. The Morgan fingerprint density at radius 3 is 2.43 bits per heavy atom. The number of hydrogen-bond acceptors (Lipinski definition) is 4. The zero-order valence-corrected chi connectivity index (χ0v) is 13.6. The molecule has 1 aromatic heterocycles. The molecule has 0 radical (unpaired) electrons. The van der Waals surface area contributed by atoms with Crippen LogP contribution in [0.1, 0.15) is 35.8 Å². The zero-order chi connectivity index (χ0) is 16.4. The SMILES string of the molecule is Cc1nn(C)c(=O)n1C1CCN(Cc2ccc(C#N)cc2)CC1. The molecule has 0 unspecified atom stereocenters. The largest absolute Gasteiger partial charge is 0.345 e. The van der Waals surface area contributed by atoms with Crippen molar-refractivity contribution in [3.8, 4) is 6.07 Å². The van der Waals surface area contributed by atoms with Crippen LogP contribution in [0, 0.1) is 18.3 Å². The highest BCUT2D eigenvalue weighted by atomic mass is 16.2. The van der Waals surface area contributed by atoms with E-state index in [0.717, 1.165) is 38.3 Å². The summed E-state index contributed by atoms with van der Waals surface area (Å²) in [5.74, 6) is 0.794. The highest BCUT2D eigenvalue weighted by Gasteiger charge is 2.24. The standard InChI is InChI=1S/C17H21N5O/c1-13-19-20(2)17(23)22(13)16-7-9-21(10-8-16)12-15-5-3-14(11-18)4-6-15/h3-6,16H,7-10,12H2,1-2H3. The number of likely N-dealkylation sites (tertiary alicyclic amines) is 1. The molecular formula is C17H21N5O. The van der Waals surface area contributed by atoms with Crippen molar-refractivity contribution in [1.29, 1.82) is 5.26 Å². The average molecular weight is 311 g/mol. The molecule has 0 amide bonds. The summed E-state index contributed by atoms with van der Waals surface area (Å²) in [6.45, 7) is 4.71. The topological polar surface area (TPSA) is 66.8 Å². The van der Waals surface area contributed by atoms with E-state index in [4.69, 9.17) is 5.26 Å². The van der Waals surface area contributed by atoms with Gasteiger partial charge in [0.25, 0.3) is 0 Å². The van der Waals surface area contributed by atoms with E-state index in [9.17, 15) is 4.79 Å². The molecule has 0 N–H and O–H groups in total. The number of benzene rings is 1. The van der Waals surface area contributed by atoms with Crippen molar-refractivity contribution in [2.45, 2.75) is 32.4 Å². The Morgan fingerprint density at radius 2 is 1.91 bits per heavy atom. The van der Waals surface area contributed by atoms with Gasteiger partial charge in [-0.1, -0.05) is 12.1 Å². The molecule has 1 saturated heterocycles. The van der Waals surface area contributed by atoms with Gasteiger partial charge >= 0.3 is 5.69 Å². The second-order valence-electron chi connectivity index (χ2n) is 6.14. The lowest BCUT2D eigenvalue weighted by atomic mass is 10.0. The van der Waals surface area contributed by atoms with Crippen LogP contribution < -0.4 is 5.69 Å². The molecule has 120 valence electrons. The van der Waals surface area contributed by atoms with Gasteiger partial charge in [0.2, 0.25) is 0 Å². The van der Waals surface area contributed by atoms with E-state index in [1.807, 2.05) is 35.8 Å². The first-order valence-electron chi connectivity index (χ1n) is 7.92. The molecule has 0 spiro atoms. The number of hydrogen-bond donors (Lipinski definition) is 0. The van der Waals surface area contributed by atoms with Crippen molar-refractivity contribution in [3.63, 3.8) is 0 Å². The summed E-state index contributed by atoms with van der Waals surface area (Å²) in [4.78, 5) is 14.5. The van der Waals surface area contributed by atoms with E-state index in [2.05, 4.69) is 16.1 Å². The normalized spacial score (nSPS) is 16.4. The molecular weight excluding hydrogens is 290 g/mol. The van der Waals surface area contributed by atoms with Gasteiger partial charge in [0.05, 0.1) is 11.6 Å². The Kier molecular flexibility index (Phi) is 4.30.